The molecule has 7 nitrogen and oxygen atoms in total. The van der Waals surface area contributed by atoms with Crippen LogP contribution in [0.25, 0.3) is 10.2 Å². The molecular weight excluding hydrogens is 460 g/mol. The van der Waals surface area contributed by atoms with Crippen LogP contribution in [0.2, 0.25) is 0 Å². The molecule has 0 aliphatic carbocycles. The molecule has 1 saturated heterocycles. The molecule has 0 radical (unpaired) electrons. The van der Waals surface area contributed by atoms with E-state index in [1.54, 1.807) is 12.1 Å². The van der Waals surface area contributed by atoms with Crippen molar-refractivity contribution in [2.24, 2.45) is 0 Å². The number of amides is 1. The minimum absolute atomic E-state index is 0.137. The van der Waals surface area contributed by atoms with Crippen LogP contribution < -0.4 is 4.90 Å². The van der Waals surface area contributed by atoms with Gasteiger partial charge in [0, 0.05) is 26.2 Å². The van der Waals surface area contributed by atoms with E-state index in [9.17, 15) is 22.0 Å². The highest BCUT2D eigenvalue weighted by molar-refractivity contribution is 7.92. The number of aromatic nitrogens is 1. The SMILES string of the molecule is O=C(CS(=O)(=O)c1ccc(F)cc1)N(CCN1CCOCC1)c1nc2c(F)cccc2s1. The van der Waals surface area contributed by atoms with Crippen LogP contribution >= 0.6 is 11.3 Å². The van der Waals surface area contributed by atoms with E-state index >= 15 is 0 Å². The van der Waals surface area contributed by atoms with Crippen LogP contribution in [0.4, 0.5) is 13.9 Å². The molecule has 32 heavy (non-hydrogen) atoms. The lowest BCUT2D eigenvalue weighted by molar-refractivity contribution is -0.116. The number of carbonyl (C=O) groups is 1. The number of carbonyl (C=O) groups excluding carboxylic acids is 1. The topological polar surface area (TPSA) is 79.8 Å². The Labute approximate surface area is 188 Å². The maximum absolute atomic E-state index is 14.2. The number of morpholine rings is 1. The highest BCUT2D eigenvalue weighted by Gasteiger charge is 2.27. The fourth-order valence-electron chi connectivity index (χ4n) is 3.38. The zero-order valence-corrected chi connectivity index (χ0v) is 18.7. The fraction of sp³-hybridized carbons (Fsp3) is 0.333. The average molecular weight is 482 g/mol. The number of nitrogens with zero attached hydrogens (tertiary/aromatic N) is 3. The number of anilines is 1. The molecule has 1 aliphatic heterocycles. The van der Waals surface area contributed by atoms with Crippen LogP contribution in [0.5, 0.6) is 0 Å². The molecule has 0 spiro atoms. The van der Waals surface area contributed by atoms with Crippen LogP contribution in [0.3, 0.4) is 0 Å². The highest BCUT2D eigenvalue weighted by Crippen LogP contribution is 2.30. The van der Waals surface area contributed by atoms with Crippen molar-refractivity contribution in [3.05, 3.63) is 54.1 Å². The summed E-state index contributed by atoms with van der Waals surface area (Å²) >= 11 is 1.12. The predicted octanol–water partition coefficient (Wildman–Crippen LogP) is 2.71. The summed E-state index contributed by atoms with van der Waals surface area (Å²) in [4.78, 5) is 20.7. The quantitative estimate of drug-likeness (QED) is 0.483. The van der Waals surface area contributed by atoms with E-state index in [0.29, 0.717) is 37.5 Å². The summed E-state index contributed by atoms with van der Waals surface area (Å²) in [6.07, 6.45) is 0. The van der Waals surface area contributed by atoms with E-state index in [2.05, 4.69) is 9.88 Å². The number of rotatable bonds is 7. The molecule has 0 bridgehead atoms. The minimum atomic E-state index is -4.00. The first-order valence-electron chi connectivity index (χ1n) is 9.97. The summed E-state index contributed by atoms with van der Waals surface area (Å²) in [6.45, 7) is 3.25. The van der Waals surface area contributed by atoms with Crippen molar-refractivity contribution in [2.75, 3.05) is 50.0 Å². The van der Waals surface area contributed by atoms with Crippen molar-refractivity contribution < 1.29 is 26.7 Å². The number of ether oxygens (including phenoxy) is 1. The Morgan fingerprint density at radius 3 is 2.53 bits per heavy atom. The summed E-state index contributed by atoms with van der Waals surface area (Å²) in [5, 5.41) is 0.234. The molecule has 3 aromatic rings. The molecule has 1 aliphatic rings. The van der Waals surface area contributed by atoms with Crippen molar-refractivity contribution in [1.82, 2.24) is 9.88 Å². The van der Waals surface area contributed by atoms with Gasteiger partial charge in [0.15, 0.2) is 15.0 Å². The minimum Gasteiger partial charge on any atom is -0.379 e. The third-order valence-corrected chi connectivity index (χ3v) is 7.78. The smallest absolute Gasteiger partial charge is 0.244 e. The van der Waals surface area contributed by atoms with Crippen LogP contribution in [0.15, 0.2) is 47.4 Å². The zero-order chi connectivity index (χ0) is 22.7. The second kappa shape index (κ2) is 9.57. The number of thiazole rings is 1. The largest absolute Gasteiger partial charge is 0.379 e. The van der Waals surface area contributed by atoms with E-state index in [1.165, 1.54) is 11.0 Å². The molecule has 11 heteroatoms. The van der Waals surface area contributed by atoms with Crippen LogP contribution in [-0.4, -0.2) is 69.4 Å². The molecule has 1 aromatic heterocycles. The number of para-hydroxylation sites is 1. The van der Waals surface area contributed by atoms with E-state index in [0.717, 1.165) is 35.6 Å². The second-order valence-electron chi connectivity index (χ2n) is 7.30. The van der Waals surface area contributed by atoms with Gasteiger partial charge in [0.25, 0.3) is 0 Å². The second-order valence-corrected chi connectivity index (χ2v) is 10.3. The molecule has 4 rings (SSSR count). The van der Waals surface area contributed by atoms with E-state index in [-0.39, 0.29) is 22.1 Å². The zero-order valence-electron chi connectivity index (χ0n) is 17.0. The maximum Gasteiger partial charge on any atom is 0.244 e. The molecule has 2 heterocycles. The third kappa shape index (κ3) is 5.12. The molecule has 0 N–H and O–H groups in total. The Morgan fingerprint density at radius 2 is 1.84 bits per heavy atom. The van der Waals surface area contributed by atoms with Gasteiger partial charge in [-0.25, -0.2) is 22.2 Å². The Bertz CT molecular complexity index is 1210. The first kappa shape index (κ1) is 22.7. The van der Waals surface area contributed by atoms with Gasteiger partial charge >= 0.3 is 0 Å². The first-order chi connectivity index (χ1) is 15.3. The van der Waals surface area contributed by atoms with Gasteiger partial charge in [-0.1, -0.05) is 17.4 Å². The summed E-state index contributed by atoms with van der Waals surface area (Å²) in [6, 6.07) is 8.85. The summed E-state index contributed by atoms with van der Waals surface area (Å²) in [5.74, 6) is -2.56. The maximum atomic E-state index is 14.2. The van der Waals surface area contributed by atoms with Crippen LogP contribution in [-0.2, 0) is 19.4 Å². The number of benzene rings is 2. The Hall–Kier alpha value is -2.47. The number of hydrogen-bond donors (Lipinski definition) is 0. The van der Waals surface area contributed by atoms with Gasteiger partial charge in [0.05, 0.1) is 22.8 Å². The summed E-state index contributed by atoms with van der Waals surface area (Å²) in [5.41, 5.74) is 0.137. The third-order valence-electron chi connectivity index (χ3n) is 5.12. The normalized spacial score (nSPS) is 15.2. The lowest BCUT2D eigenvalue weighted by Crippen LogP contribution is -2.44. The fourth-order valence-corrected chi connectivity index (χ4v) is 5.60. The Balaban J connectivity index is 1.60. The van der Waals surface area contributed by atoms with Gasteiger partial charge in [0.2, 0.25) is 5.91 Å². The molecule has 170 valence electrons. The number of halogens is 2. The molecule has 0 saturated carbocycles. The van der Waals surface area contributed by atoms with Crippen molar-refractivity contribution in [3.63, 3.8) is 0 Å². The van der Waals surface area contributed by atoms with Gasteiger partial charge in [-0.2, -0.15) is 0 Å². The van der Waals surface area contributed by atoms with Gasteiger partial charge < -0.3 is 4.74 Å². The van der Waals surface area contributed by atoms with Gasteiger partial charge in [0.1, 0.15) is 22.9 Å². The first-order valence-corrected chi connectivity index (χ1v) is 12.4. The molecule has 2 aromatic carbocycles. The Morgan fingerprint density at radius 1 is 1.12 bits per heavy atom. The lowest BCUT2D eigenvalue weighted by Gasteiger charge is -2.29. The molecule has 0 atom stereocenters. The monoisotopic (exact) mass is 481 g/mol. The molecule has 1 fully saturated rings. The van der Waals surface area contributed by atoms with Crippen molar-refractivity contribution in [2.45, 2.75) is 4.90 Å². The average Bonchev–Trinajstić information content (AvgIpc) is 3.20. The van der Waals surface area contributed by atoms with Gasteiger partial charge in [-0.15, -0.1) is 0 Å². The number of sulfone groups is 1. The molecular formula is C21H21F2N3O4S2. The van der Waals surface area contributed by atoms with Crippen LogP contribution in [0.1, 0.15) is 0 Å². The van der Waals surface area contributed by atoms with E-state index < -0.39 is 33.1 Å². The van der Waals surface area contributed by atoms with Gasteiger partial charge in [-0.05, 0) is 36.4 Å². The van der Waals surface area contributed by atoms with Crippen molar-refractivity contribution in [1.29, 1.82) is 0 Å². The lowest BCUT2D eigenvalue weighted by atomic mass is 10.3. The molecule has 0 unspecified atom stereocenters. The molecule has 1 amide bonds. The number of fused-ring (bicyclic) bond motifs is 1. The summed E-state index contributed by atoms with van der Waals surface area (Å²) in [7, 11) is -4.00. The van der Waals surface area contributed by atoms with E-state index in [1.807, 2.05) is 0 Å². The Kier molecular flexibility index (Phi) is 6.79. The van der Waals surface area contributed by atoms with Crippen LogP contribution in [0, 0.1) is 11.6 Å². The highest BCUT2D eigenvalue weighted by atomic mass is 32.2. The van der Waals surface area contributed by atoms with Crippen molar-refractivity contribution in [3.8, 4) is 0 Å². The standard InChI is InChI=1S/C21H21F2N3O4S2/c22-15-4-6-16(7-5-15)32(28,29)14-19(27)26(9-8-25-10-12-30-13-11-25)21-24-20-17(23)2-1-3-18(20)31-21/h1-7H,8-14H2. The summed E-state index contributed by atoms with van der Waals surface area (Å²) < 4.78 is 58.7. The predicted molar refractivity (Wildman–Crippen MR) is 118 cm³/mol. The van der Waals surface area contributed by atoms with E-state index in [4.69, 9.17) is 4.74 Å². The van der Waals surface area contributed by atoms with Crippen molar-refractivity contribution >= 4 is 42.4 Å². The number of hydrogen-bond acceptors (Lipinski definition) is 7. The van der Waals surface area contributed by atoms with Gasteiger partial charge in [-0.3, -0.25) is 14.6 Å².